The average molecular weight is 440 g/mol. The van der Waals surface area contributed by atoms with Crippen molar-refractivity contribution in [2.24, 2.45) is 5.92 Å². The molecule has 0 bridgehead atoms. The lowest BCUT2D eigenvalue weighted by Gasteiger charge is -2.36. The van der Waals surface area contributed by atoms with E-state index in [-0.39, 0.29) is 11.1 Å². The lowest BCUT2D eigenvalue weighted by Crippen LogP contribution is -2.40. The van der Waals surface area contributed by atoms with Crippen molar-refractivity contribution < 1.29 is 9.53 Å². The number of piperidine rings is 1. The van der Waals surface area contributed by atoms with Gasteiger partial charge >= 0.3 is 0 Å². The van der Waals surface area contributed by atoms with Crippen molar-refractivity contribution in [3.8, 4) is 0 Å². The maximum Gasteiger partial charge on any atom is 0.192 e. The first-order chi connectivity index (χ1) is 14.6. The van der Waals surface area contributed by atoms with Crippen LogP contribution in [0.2, 0.25) is 18.1 Å². The largest absolute Gasteiger partial charge is 0.413 e. The number of rotatable bonds is 8. The van der Waals surface area contributed by atoms with Gasteiger partial charge in [-0.25, -0.2) is 0 Å². The van der Waals surface area contributed by atoms with E-state index < -0.39 is 8.32 Å². The van der Waals surface area contributed by atoms with Gasteiger partial charge in [-0.15, -0.1) is 0 Å². The van der Waals surface area contributed by atoms with Crippen molar-refractivity contribution >= 4 is 8.32 Å². The number of aliphatic hydroxyl groups is 1. The molecule has 1 atom stereocenters. The van der Waals surface area contributed by atoms with Crippen molar-refractivity contribution in [2.45, 2.75) is 77.4 Å². The Bertz CT molecular complexity index is 790. The molecule has 1 heterocycles. The highest BCUT2D eigenvalue weighted by atomic mass is 28.4. The van der Waals surface area contributed by atoms with Crippen LogP contribution in [0.25, 0.3) is 0 Å². The highest BCUT2D eigenvalue weighted by Gasteiger charge is 2.37. The number of hydrogen-bond donors (Lipinski definition) is 1. The molecule has 1 aliphatic heterocycles. The van der Waals surface area contributed by atoms with Gasteiger partial charge in [-0.1, -0.05) is 75.4 Å². The van der Waals surface area contributed by atoms with Gasteiger partial charge in [0.2, 0.25) is 0 Å². The SMILES string of the molecule is CC(C)(C)[Si](C)(C)OCc1ccc(C(O)CC2CCN(Cc3ccccc3)CC2)cc1. The third-order valence-electron chi connectivity index (χ3n) is 7.28. The molecule has 3 nitrogen and oxygen atoms in total. The predicted molar refractivity (Wildman–Crippen MR) is 132 cm³/mol. The second-order valence-corrected chi connectivity index (χ2v) is 15.6. The second kappa shape index (κ2) is 10.4. The molecule has 2 aromatic carbocycles. The number of benzene rings is 2. The fourth-order valence-corrected chi connectivity index (χ4v) is 4.95. The molecule has 0 radical (unpaired) electrons. The Kier molecular flexibility index (Phi) is 8.14. The standard InChI is InChI=1S/C27H41NO2Si/c1-27(2,3)31(4,5)30-21-24-11-13-25(14-12-24)26(29)19-22-15-17-28(18-16-22)20-23-9-7-6-8-10-23/h6-14,22,26,29H,15-21H2,1-5H3. The van der Waals surface area contributed by atoms with Gasteiger partial charge in [0.05, 0.1) is 12.7 Å². The summed E-state index contributed by atoms with van der Waals surface area (Å²) in [5.41, 5.74) is 3.61. The molecule has 0 saturated carbocycles. The van der Waals surface area contributed by atoms with Crippen molar-refractivity contribution in [1.82, 2.24) is 4.90 Å². The molecule has 1 aliphatic rings. The van der Waals surface area contributed by atoms with E-state index in [9.17, 15) is 5.11 Å². The minimum atomic E-state index is -1.74. The third kappa shape index (κ3) is 7.01. The highest BCUT2D eigenvalue weighted by Crippen LogP contribution is 2.37. The van der Waals surface area contributed by atoms with Crippen LogP contribution < -0.4 is 0 Å². The van der Waals surface area contributed by atoms with Crippen LogP contribution in [0.15, 0.2) is 54.6 Å². The first kappa shape index (κ1) is 24.2. The van der Waals surface area contributed by atoms with Gasteiger partial charge in [0, 0.05) is 6.54 Å². The maximum absolute atomic E-state index is 10.8. The summed E-state index contributed by atoms with van der Waals surface area (Å²) in [6.45, 7) is 15.3. The summed E-state index contributed by atoms with van der Waals surface area (Å²) < 4.78 is 6.33. The Morgan fingerprint density at radius 2 is 1.58 bits per heavy atom. The molecule has 1 fully saturated rings. The lowest BCUT2D eigenvalue weighted by atomic mass is 9.88. The van der Waals surface area contributed by atoms with Crippen LogP contribution >= 0.6 is 0 Å². The molecule has 1 N–H and O–H groups in total. The molecule has 0 amide bonds. The Balaban J connectivity index is 1.44. The van der Waals surface area contributed by atoms with E-state index in [0.717, 1.165) is 31.6 Å². The van der Waals surface area contributed by atoms with Gasteiger partial charge in [0.25, 0.3) is 0 Å². The Morgan fingerprint density at radius 3 is 2.16 bits per heavy atom. The molecule has 2 aromatic rings. The summed E-state index contributed by atoms with van der Waals surface area (Å²) in [7, 11) is -1.74. The smallest absolute Gasteiger partial charge is 0.192 e. The van der Waals surface area contributed by atoms with Crippen molar-refractivity contribution in [3.63, 3.8) is 0 Å². The Labute approximate surface area is 190 Å². The number of aliphatic hydroxyl groups excluding tert-OH is 1. The van der Waals surface area contributed by atoms with E-state index in [0.29, 0.717) is 12.5 Å². The predicted octanol–water partition coefficient (Wildman–Crippen LogP) is 6.54. The summed E-state index contributed by atoms with van der Waals surface area (Å²) in [6.07, 6.45) is 2.82. The summed E-state index contributed by atoms with van der Waals surface area (Å²) in [5, 5.41) is 11.0. The van der Waals surface area contributed by atoms with Crippen LogP contribution in [-0.4, -0.2) is 31.4 Å². The van der Waals surface area contributed by atoms with Gasteiger partial charge in [-0.2, -0.15) is 0 Å². The third-order valence-corrected chi connectivity index (χ3v) is 11.8. The fourth-order valence-electron chi connectivity index (χ4n) is 3.99. The first-order valence-electron chi connectivity index (χ1n) is 11.8. The molecule has 3 rings (SSSR count). The van der Waals surface area contributed by atoms with Gasteiger partial charge in [-0.3, -0.25) is 4.90 Å². The maximum atomic E-state index is 10.8. The minimum absolute atomic E-state index is 0.222. The average Bonchev–Trinajstić information content (AvgIpc) is 2.74. The molecular formula is C27H41NO2Si. The molecule has 0 aliphatic carbocycles. The van der Waals surface area contributed by atoms with E-state index in [2.05, 4.69) is 93.4 Å². The quantitative estimate of drug-likeness (QED) is 0.474. The van der Waals surface area contributed by atoms with Crippen LogP contribution in [0.5, 0.6) is 0 Å². The van der Waals surface area contributed by atoms with E-state index >= 15 is 0 Å². The molecule has 1 saturated heterocycles. The van der Waals surface area contributed by atoms with Crippen molar-refractivity contribution in [3.05, 3.63) is 71.3 Å². The molecule has 1 unspecified atom stereocenters. The summed E-state index contributed by atoms with van der Waals surface area (Å²) in [6, 6.07) is 19.1. The van der Waals surface area contributed by atoms with Gasteiger partial charge in [0.15, 0.2) is 8.32 Å². The van der Waals surface area contributed by atoms with Gasteiger partial charge < -0.3 is 9.53 Å². The van der Waals surface area contributed by atoms with Gasteiger partial charge in [0.1, 0.15) is 0 Å². The molecular weight excluding hydrogens is 398 g/mol. The molecule has 31 heavy (non-hydrogen) atoms. The van der Waals surface area contributed by atoms with E-state index in [1.54, 1.807) is 0 Å². The molecule has 0 aromatic heterocycles. The zero-order chi connectivity index (χ0) is 22.5. The van der Waals surface area contributed by atoms with E-state index in [1.807, 2.05) is 0 Å². The zero-order valence-corrected chi connectivity index (χ0v) is 21.1. The molecule has 170 valence electrons. The molecule has 4 heteroatoms. The fraction of sp³-hybridized carbons (Fsp3) is 0.556. The Morgan fingerprint density at radius 1 is 0.968 bits per heavy atom. The normalized spacial score (nSPS) is 17.6. The van der Waals surface area contributed by atoms with Gasteiger partial charge in [-0.05, 0) is 73.1 Å². The Hall–Kier alpha value is -1.46. The van der Waals surface area contributed by atoms with Crippen LogP contribution in [0.4, 0.5) is 0 Å². The van der Waals surface area contributed by atoms with Crippen LogP contribution in [-0.2, 0) is 17.6 Å². The topological polar surface area (TPSA) is 32.7 Å². The minimum Gasteiger partial charge on any atom is -0.413 e. The monoisotopic (exact) mass is 439 g/mol. The summed E-state index contributed by atoms with van der Waals surface area (Å²) >= 11 is 0. The number of likely N-dealkylation sites (tertiary alicyclic amines) is 1. The zero-order valence-electron chi connectivity index (χ0n) is 20.1. The number of hydrogen-bond acceptors (Lipinski definition) is 3. The first-order valence-corrected chi connectivity index (χ1v) is 14.7. The molecule has 0 spiro atoms. The number of nitrogens with zero attached hydrogens (tertiary/aromatic N) is 1. The highest BCUT2D eigenvalue weighted by molar-refractivity contribution is 6.74. The van der Waals surface area contributed by atoms with Crippen LogP contribution in [0.1, 0.15) is 62.8 Å². The lowest BCUT2D eigenvalue weighted by molar-refractivity contribution is 0.106. The van der Waals surface area contributed by atoms with E-state index in [4.69, 9.17) is 4.43 Å². The van der Waals surface area contributed by atoms with Crippen LogP contribution in [0.3, 0.4) is 0 Å². The summed E-state index contributed by atoms with van der Waals surface area (Å²) in [4.78, 5) is 2.54. The van der Waals surface area contributed by atoms with Crippen molar-refractivity contribution in [2.75, 3.05) is 13.1 Å². The summed E-state index contributed by atoms with van der Waals surface area (Å²) in [5.74, 6) is 0.601. The van der Waals surface area contributed by atoms with E-state index in [1.165, 1.54) is 24.0 Å². The second-order valence-electron chi connectivity index (χ2n) is 10.7. The van der Waals surface area contributed by atoms with Crippen LogP contribution in [0, 0.1) is 5.92 Å². The van der Waals surface area contributed by atoms with Crippen molar-refractivity contribution in [1.29, 1.82) is 0 Å².